The molecule has 0 saturated heterocycles. The van der Waals surface area contributed by atoms with Crippen molar-refractivity contribution in [3.63, 3.8) is 0 Å². The van der Waals surface area contributed by atoms with Crippen LogP contribution in [-0.2, 0) is 9.53 Å². The average Bonchev–Trinajstić information content (AvgIpc) is 0.896. The molecule has 14 nitrogen and oxygen atoms in total. The van der Waals surface area contributed by atoms with Gasteiger partial charge in [-0.1, -0.05) is 212 Å². The topological polar surface area (TPSA) is 199 Å². The number of carbonyl (C=O) groups is 4. The number of nitrogens with zero attached hydrogens (tertiary/aromatic N) is 1. The zero-order valence-electron chi connectivity index (χ0n) is 68.6. The van der Waals surface area contributed by atoms with E-state index in [1.807, 2.05) is 129 Å². The standard InChI is InChI=1S/2C26H28O2.C17H19NO3.C17H18O3.C9H10O.C4H7ClO2.I2.HI/c2*1-3-5-19-28-24-17-13-22(14-18-24)26(21-11-15-23(27)16-12-21)25(4-2)20-9-7-6-8-10-20;1-18(2)11-12-21-16-9-5-14(6-10-16)17(20)13-3-7-15(19)8-4-13;1-2-3-12-20-16-10-6-14(7-11-16)17(19)13-4-8-15(18)9-5-13;1-2-9(10)8-6-4-3-5-7-8;1-3(5)7-4(2)6;1-2;/h2*6-18,27H,3-5,19H2,1-2H3;3-10,19H,11-12H2,1-2H3;4-11,18H,2-3,12H2,1H3;3-7H,2H2,1H3;3H,1-2H3;;1H/b26-25-;;;;;;;. The minimum absolute atomic E-state index is 0. The molecular weight excluding hydrogens is 1830 g/mol. The number of alkyl halides is 1. The summed E-state index contributed by atoms with van der Waals surface area (Å²) in [6, 6.07) is 88.6. The molecule has 0 amide bonds. The molecule has 0 bridgehead atoms. The summed E-state index contributed by atoms with van der Waals surface area (Å²) in [6.45, 7) is 19.2. The van der Waals surface area contributed by atoms with E-state index in [9.17, 15) is 39.6 Å². The lowest BCUT2D eigenvalue weighted by Gasteiger charge is -2.17. The highest BCUT2D eigenvalue weighted by Gasteiger charge is 2.17. The number of phenols is 4. The number of esters is 1. The van der Waals surface area contributed by atoms with Gasteiger partial charge in [0.25, 0.3) is 0 Å². The lowest BCUT2D eigenvalue weighted by molar-refractivity contribution is -0.142. The van der Waals surface area contributed by atoms with Crippen LogP contribution in [0.4, 0.5) is 0 Å². The number of unbranched alkanes of at least 4 members (excludes halogenated alkanes) is 3. The fraction of sp³-hybridized carbons (Fsp3) is 0.253. The van der Waals surface area contributed by atoms with E-state index < -0.39 is 5.56 Å². The van der Waals surface area contributed by atoms with Gasteiger partial charge in [-0.05, 0) is 254 Å². The van der Waals surface area contributed by atoms with Gasteiger partial charge in [-0.2, -0.15) is 0 Å². The number of benzene rings is 11. The summed E-state index contributed by atoms with van der Waals surface area (Å²) in [5, 5.41) is 37.9. The molecule has 1 atom stereocenters. The number of ketones is 3. The molecule has 11 aromatic rings. The van der Waals surface area contributed by atoms with Crippen LogP contribution in [0.15, 0.2) is 285 Å². The largest absolute Gasteiger partial charge is 0.508 e. The van der Waals surface area contributed by atoms with Crippen LogP contribution in [0.1, 0.15) is 189 Å². The summed E-state index contributed by atoms with van der Waals surface area (Å²) in [6.07, 6.45) is 8.91. The van der Waals surface area contributed by atoms with Gasteiger partial charge >= 0.3 is 5.97 Å². The molecule has 0 heterocycles. The molecule has 11 aromatic carbocycles. The van der Waals surface area contributed by atoms with Gasteiger partial charge in [0, 0.05) is 84.9 Å². The second-order valence-electron chi connectivity index (χ2n) is 26.6. The Hall–Kier alpha value is -9.78. The number of hydrogen-bond donors (Lipinski definition) is 4. The second kappa shape index (κ2) is 57.3. The molecule has 0 spiro atoms. The highest BCUT2D eigenvalue weighted by Crippen LogP contribution is 2.38. The molecule has 18 heteroatoms. The van der Waals surface area contributed by atoms with Crippen molar-refractivity contribution in [3.05, 3.63) is 346 Å². The van der Waals surface area contributed by atoms with Gasteiger partial charge in [0.1, 0.15) is 52.6 Å². The van der Waals surface area contributed by atoms with Gasteiger partial charge in [-0.15, -0.1) is 24.0 Å². The number of halogens is 4. The van der Waals surface area contributed by atoms with Crippen LogP contribution in [0.25, 0.3) is 22.3 Å². The number of allylic oxidation sites excluding steroid dienone is 2. The molecule has 0 aliphatic rings. The van der Waals surface area contributed by atoms with Gasteiger partial charge in [0.05, 0.1) is 19.8 Å². The van der Waals surface area contributed by atoms with Crippen LogP contribution in [-0.4, -0.2) is 101 Å². The lowest BCUT2D eigenvalue weighted by Crippen LogP contribution is -2.19. The highest BCUT2D eigenvalue weighted by molar-refractivity contribution is 15.0. The average molecular weight is 1940 g/mol. The van der Waals surface area contributed by atoms with E-state index in [-0.39, 0.29) is 70.3 Å². The van der Waals surface area contributed by atoms with Gasteiger partial charge in [-0.25, -0.2) is 0 Å². The third-order valence-corrected chi connectivity index (χ3v) is 17.6. The van der Waals surface area contributed by atoms with E-state index in [2.05, 4.69) is 149 Å². The SMILES string of the molecule is CC(=O)OC(C)Cl.CCC(=O)c1ccccc1.CCCCOc1ccc(/C(=C(/CC)c2ccccc2)c2ccc(O)cc2)cc1.CCCCOc1ccc(C(=C(CC)c2ccccc2)c2ccc(O)cc2)cc1.CCCCOc1ccc(C(=O)c2ccc(O)cc2)cc1.CN(C)CCOc1ccc(C(=O)c2ccc(O)cc2)cc1.I.II. The summed E-state index contributed by atoms with van der Waals surface area (Å²) in [7, 11) is 3.98. The molecule has 11 rings (SSSR count). The van der Waals surface area contributed by atoms with Gasteiger partial charge in [0.2, 0.25) is 0 Å². The monoisotopic (exact) mass is 1940 g/mol. The number of phenolic OH excluding ortho intramolecular Hbond substituents is 4. The number of rotatable bonds is 31. The Bertz CT molecular complexity index is 4510. The van der Waals surface area contributed by atoms with Crippen LogP contribution >= 0.6 is 72.8 Å². The molecule has 0 fully saturated rings. The highest BCUT2D eigenvalue weighted by atomic mass is 128. The number of likely N-dealkylation sites (N-methyl/N-ethyl adjacent to an activating group) is 1. The third-order valence-electron chi connectivity index (χ3n) is 17.5. The number of ether oxygens (including phenoxy) is 5. The Morgan fingerprint density at radius 3 is 0.803 bits per heavy atom. The lowest BCUT2D eigenvalue weighted by atomic mass is 9.88. The van der Waals surface area contributed by atoms with Crippen molar-refractivity contribution in [1.29, 1.82) is 0 Å². The molecule has 618 valence electrons. The van der Waals surface area contributed by atoms with Gasteiger partial charge in [0.15, 0.2) is 22.9 Å². The molecule has 117 heavy (non-hydrogen) atoms. The van der Waals surface area contributed by atoms with E-state index in [0.29, 0.717) is 41.9 Å². The molecule has 0 aliphatic carbocycles. The van der Waals surface area contributed by atoms with E-state index in [1.165, 1.54) is 64.6 Å². The molecule has 0 aliphatic heterocycles. The summed E-state index contributed by atoms with van der Waals surface area (Å²) < 4.78 is 27.2. The molecular formula is C99H111ClI3NO13. The van der Waals surface area contributed by atoms with Crippen LogP contribution in [0.3, 0.4) is 0 Å². The molecule has 0 aromatic heterocycles. The predicted octanol–water partition coefficient (Wildman–Crippen LogP) is 26.0. The van der Waals surface area contributed by atoms with E-state index in [1.54, 1.807) is 91.9 Å². The van der Waals surface area contributed by atoms with E-state index >= 15 is 0 Å². The Kier molecular flexibility index (Phi) is 48.8. The fourth-order valence-electron chi connectivity index (χ4n) is 11.4. The minimum atomic E-state index is -0.502. The summed E-state index contributed by atoms with van der Waals surface area (Å²) in [5.41, 5.74) is 14.5. The first kappa shape index (κ1) is 99.6. The number of Topliss-reactive ketones (excluding diaryl/α,β-unsaturated/α-hetero) is 1. The first-order valence-corrected chi connectivity index (χ1v) is 45.8. The predicted molar refractivity (Wildman–Crippen MR) is 507 cm³/mol. The van der Waals surface area contributed by atoms with Crippen LogP contribution < -0.4 is 18.9 Å². The summed E-state index contributed by atoms with van der Waals surface area (Å²) in [4.78, 5) is 47.5. The first-order chi connectivity index (χ1) is 56.2. The maximum Gasteiger partial charge on any atom is 0.304 e. The number of hydrogen-bond acceptors (Lipinski definition) is 14. The number of aromatic hydroxyl groups is 4. The van der Waals surface area contributed by atoms with Crippen molar-refractivity contribution in [2.24, 2.45) is 0 Å². The van der Waals surface area contributed by atoms with Gasteiger partial charge in [-0.3, -0.25) is 19.2 Å². The maximum atomic E-state index is 12.2. The van der Waals surface area contributed by atoms with Crippen LogP contribution in [0.5, 0.6) is 46.0 Å². The zero-order chi connectivity index (χ0) is 84.4. The Morgan fingerprint density at radius 1 is 0.342 bits per heavy atom. The molecule has 0 radical (unpaired) electrons. The van der Waals surface area contributed by atoms with Crippen molar-refractivity contribution in [3.8, 4) is 46.0 Å². The fourth-order valence-corrected chi connectivity index (χ4v) is 11.5. The Morgan fingerprint density at radius 2 is 0.581 bits per heavy atom. The quantitative estimate of drug-likeness (QED) is 0.00799. The van der Waals surface area contributed by atoms with Crippen molar-refractivity contribution in [2.45, 2.75) is 119 Å². The summed E-state index contributed by atoms with van der Waals surface area (Å²) >= 11 is 9.47. The van der Waals surface area contributed by atoms with Crippen molar-refractivity contribution in [1.82, 2.24) is 4.90 Å². The normalized spacial score (nSPS) is 10.9. The zero-order valence-corrected chi connectivity index (χ0v) is 76.0. The molecule has 4 N–H and O–H groups in total. The van der Waals surface area contributed by atoms with Crippen molar-refractivity contribution in [2.75, 3.05) is 47.1 Å². The third kappa shape index (κ3) is 36.7. The second-order valence-corrected chi connectivity index (χ2v) is 27.3. The maximum absolute atomic E-state index is 12.2. The first-order valence-electron chi connectivity index (χ1n) is 39.1. The Balaban J connectivity index is 0.000000306. The Labute approximate surface area is 738 Å². The molecule has 1 unspecified atom stereocenters. The van der Waals surface area contributed by atoms with Crippen molar-refractivity contribution >= 4 is 118 Å². The van der Waals surface area contributed by atoms with E-state index in [4.69, 9.17) is 30.5 Å². The van der Waals surface area contributed by atoms with Crippen LogP contribution in [0, 0.1) is 0 Å². The van der Waals surface area contributed by atoms with E-state index in [0.717, 1.165) is 122 Å². The molecule has 0 saturated carbocycles. The van der Waals surface area contributed by atoms with Crippen LogP contribution in [0.2, 0.25) is 0 Å². The summed E-state index contributed by atoms with van der Waals surface area (Å²) in [5.74, 6) is 3.92. The van der Waals surface area contributed by atoms with Gasteiger partial charge < -0.3 is 49.0 Å². The minimum Gasteiger partial charge on any atom is -0.508 e. The van der Waals surface area contributed by atoms with Crippen molar-refractivity contribution < 1.29 is 63.3 Å². The smallest absolute Gasteiger partial charge is 0.304 e. The number of carbonyl (C=O) groups excluding carboxylic acids is 4.